The Morgan fingerprint density at radius 1 is 1.32 bits per heavy atom. The second kappa shape index (κ2) is 8.37. The second-order valence-electron chi connectivity index (χ2n) is 6.32. The topological polar surface area (TPSA) is 37.3 Å². The molecule has 1 aliphatic heterocycles. The van der Waals surface area contributed by atoms with Gasteiger partial charge in [-0.05, 0) is 57.0 Å². The van der Waals surface area contributed by atoms with Crippen molar-refractivity contribution < 1.29 is 0 Å². The fourth-order valence-electron chi connectivity index (χ4n) is 3.11. The number of benzene rings is 1. The van der Waals surface area contributed by atoms with Crippen LogP contribution in [0.25, 0.3) is 16.8 Å². The molecule has 1 saturated heterocycles. The van der Waals surface area contributed by atoms with Crippen LogP contribution in [0.1, 0.15) is 41.1 Å². The van der Waals surface area contributed by atoms with E-state index in [1.54, 1.807) is 23.8 Å². The molecule has 1 fully saturated rings. The summed E-state index contributed by atoms with van der Waals surface area (Å²) in [5.74, 6) is 0.549. The van der Waals surface area contributed by atoms with Crippen molar-refractivity contribution in [2.24, 2.45) is 4.99 Å². The summed E-state index contributed by atoms with van der Waals surface area (Å²) in [6.45, 7) is 10.5. The van der Waals surface area contributed by atoms with Gasteiger partial charge >= 0.3 is 0 Å². The summed E-state index contributed by atoms with van der Waals surface area (Å²) < 4.78 is 0. The maximum atomic E-state index is 5.07. The van der Waals surface area contributed by atoms with Crippen LogP contribution in [0.5, 0.6) is 0 Å². The van der Waals surface area contributed by atoms with Crippen molar-refractivity contribution in [3.8, 4) is 11.3 Å². The van der Waals surface area contributed by atoms with Gasteiger partial charge in [0.25, 0.3) is 0 Å². The molecular weight excluding hydrogens is 326 g/mol. The maximum Gasteiger partial charge on any atom is 0.0970 e. The molecule has 1 aromatic carbocycles. The van der Waals surface area contributed by atoms with Crippen LogP contribution in [0.2, 0.25) is 0 Å². The molecule has 0 amide bonds. The maximum absolute atomic E-state index is 5.07. The number of nitrogens with zero attached hydrogens (tertiary/aromatic N) is 2. The van der Waals surface area contributed by atoms with Gasteiger partial charge in [-0.1, -0.05) is 30.8 Å². The van der Waals surface area contributed by atoms with Gasteiger partial charge in [-0.3, -0.25) is 4.99 Å². The van der Waals surface area contributed by atoms with Crippen LogP contribution in [0.4, 0.5) is 0 Å². The number of thiazole rings is 1. The van der Waals surface area contributed by atoms with Crippen LogP contribution in [-0.4, -0.2) is 24.3 Å². The lowest BCUT2D eigenvalue weighted by atomic mass is 9.98. The van der Waals surface area contributed by atoms with Crippen molar-refractivity contribution in [3.63, 3.8) is 0 Å². The predicted molar refractivity (Wildman–Crippen MR) is 109 cm³/mol. The Bertz CT molecular complexity index is 795. The molecule has 0 unspecified atom stereocenters. The molecule has 1 aliphatic rings. The molecular formula is C21H25N3S. The summed E-state index contributed by atoms with van der Waals surface area (Å²) in [5, 5.41) is 4.68. The number of allylic oxidation sites excluding steroid dienone is 2. The van der Waals surface area contributed by atoms with Gasteiger partial charge in [0, 0.05) is 23.9 Å². The summed E-state index contributed by atoms with van der Waals surface area (Å²) in [6, 6.07) is 8.45. The largest absolute Gasteiger partial charge is 0.317 e. The Morgan fingerprint density at radius 3 is 2.80 bits per heavy atom. The van der Waals surface area contributed by atoms with Crippen LogP contribution in [0, 0.1) is 6.92 Å². The monoisotopic (exact) mass is 351 g/mol. The minimum atomic E-state index is 0.549. The Kier molecular flexibility index (Phi) is 5.95. The minimum absolute atomic E-state index is 0.549. The van der Waals surface area contributed by atoms with Gasteiger partial charge in [-0.15, -0.1) is 11.3 Å². The van der Waals surface area contributed by atoms with Crippen molar-refractivity contribution in [2.75, 3.05) is 13.1 Å². The van der Waals surface area contributed by atoms with Gasteiger partial charge in [0.1, 0.15) is 0 Å². The first kappa shape index (κ1) is 17.8. The fourth-order valence-corrected chi connectivity index (χ4v) is 4.31. The number of hydrogen-bond donors (Lipinski definition) is 1. The first-order valence-electron chi connectivity index (χ1n) is 8.81. The second-order valence-corrected chi connectivity index (χ2v) is 7.35. The smallest absolute Gasteiger partial charge is 0.0970 e. The summed E-state index contributed by atoms with van der Waals surface area (Å²) >= 11 is 1.79. The molecule has 2 heterocycles. The Hall–Kier alpha value is -2.04. The SMILES string of the molecule is C=C(/C=C\N=CC)c1sc(C2CCNCC2)nc1-c1ccccc1C. The Morgan fingerprint density at radius 2 is 2.08 bits per heavy atom. The predicted octanol–water partition coefficient (Wildman–Crippen LogP) is 5.20. The number of aromatic nitrogens is 1. The molecule has 0 saturated carbocycles. The fraction of sp³-hybridized carbons (Fsp3) is 0.333. The highest BCUT2D eigenvalue weighted by Gasteiger charge is 2.23. The van der Waals surface area contributed by atoms with Gasteiger partial charge in [0.2, 0.25) is 0 Å². The molecule has 0 radical (unpaired) electrons. The number of rotatable bonds is 5. The van der Waals surface area contributed by atoms with E-state index in [2.05, 4.69) is 48.1 Å². The normalized spacial score (nSPS) is 16.1. The van der Waals surface area contributed by atoms with E-state index in [4.69, 9.17) is 4.98 Å². The number of aliphatic imine (C=N–C) groups is 1. The average molecular weight is 352 g/mol. The summed E-state index contributed by atoms with van der Waals surface area (Å²) in [7, 11) is 0. The minimum Gasteiger partial charge on any atom is -0.317 e. The lowest BCUT2D eigenvalue weighted by Gasteiger charge is -2.20. The van der Waals surface area contributed by atoms with Crippen molar-refractivity contribution in [3.05, 3.63) is 58.6 Å². The molecule has 0 spiro atoms. The van der Waals surface area contributed by atoms with E-state index in [-0.39, 0.29) is 0 Å². The van der Waals surface area contributed by atoms with Gasteiger partial charge in [-0.25, -0.2) is 4.98 Å². The molecule has 4 heteroatoms. The molecule has 0 aliphatic carbocycles. The lowest BCUT2D eigenvalue weighted by molar-refractivity contribution is 0.459. The third-order valence-corrected chi connectivity index (χ3v) is 5.83. The summed E-state index contributed by atoms with van der Waals surface area (Å²) in [6.07, 6.45) is 7.86. The first-order valence-corrected chi connectivity index (χ1v) is 9.63. The van der Waals surface area contributed by atoms with Crippen LogP contribution in [0.15, 0.2) is 48.1 Å². The number of aryl methyl sites for hydroxylation is 1. The van der Waals surface area contributed by atoms with E-state index >= 15 is 0 Å². The van der Waals surface area contributed by atoms with Gasteiger partial charge < -0.3 is 5.32 Å². The van der Waals surface area contributed by atoms with Crippen LogP contribution in [0.3, 0.4) is 0 Å². The van der Waals surface area contributed by atoms with E-state index < -0.39 is 0 Å². The quantitative estimate of drug-likeness (QED) is 0.593. The summed E-state index contributed by atoms with van der Waals surface area (Å²) in [5.41, 5.74) is 4.48. The van der Waals surface area contributed by atoms with Crippen molar-refractivity contribution in [1.82, 2.24) is 10.3 Å². The average Bonchev–Trinajstić information content (AvgIpc) is 3.08. The standard InChI is InChI=1S/C21H25N3S/c1-4-22-12-9-16(3)20-19(18-8-6-5-7-15(18)2)24-21(25-20)17-10-13-23-14-11-17/h4-9,12,17,23H,3,10-11,13-14H2,1-2H3/b12-9-,22-4?. The molecule has 130 valence electrons. The Balaban J connectivity index is 2.03. The number of piperidine rings is 1. The van der Waals surface area contributed by atoms with Gasteiger partial charge in [-0.2, -0.15) is 0 Å². The van der Waals surface area contributed by atoms with Gasteiger partial charge in [0.15, 0.2) is 0 Å². The van der Waals surface area contributed by atoms with E-state index in [9.17, 15) is 0 Å². The van der Waals surface area contributed by atoms with Crippen molar-refractivity contribution in [1.29, 1.82) is 0 Å². The third-order valence-electron chi connectivity index (χ3n) is 4.53. The Labute approximate surface area is 154 Å². The molecule has 1 N–H and O–H groups in total. The summed E-state index contributed by atoms with van der Waals surface area (Å²) in [4.78, 5) is 10.4. The molecule has 2 aromatic rings. The molecule has 1 aromatic heterocycles. The molecule has 25 heavy (non-hydrogen) atoms. The molecule has 3 nitrogen and oxygen atoms in total. The highest BCUT2D eigenvalue weighted by atomic mass is 32.1. The highest BCUT2D eigenvalue weighted by Crippen LogP contribution is 2.39. The molecule has 0 bridgehead atoms. The number of nitrogens with one attached hydrogen (secondary N) is 1. The van der Waals surface area contributed by atoms with E-state index in [1.165, 1.54) is 16.1 Å². The van der Waals surface area contributed by atoms with Crippen LogP contribution >= 0.6 is 11.3 Å². The van der Waals surface area contributed by atoms with Crippen LogP contribution in [-0.2, 0) is 0 Å². The van der Waals surface area contributed by atoms with E-state index in [0.29, 0.717) is 5.92 Å². The van der Waals surface area contributed by atoms with Crippen molar-refractivity contribution >= 4 is 23.1 Å². The number of hydrogen-bond acceptors (Lipinski definition) is 4. The van der Waals surface area contributed by atoms with E-state index in [1.807, 2.05) is 13.0 Å². The zero-order chi connectivity index (χ0) is 17.6. The molecule has 3 rings (SSSR count). The third kappa shape index (κ3) is 4.14. The first-order chi connectivity index (χ1) is 12.2. The van der Waals surface area contributed by atoms with Crippen molar-refractivity contribution in [2.45, 2.75) is 32.6 Å². The van der Waals surface area contributed by atoms with Gasteiger partial charge in [0.05, 0.1) is 15.6 Å². The van der Waals surface area contributed by atoms with E-state index in [0.717, 1.165) is 42.1 Å². The molecule has 0 atom stereocenters. The highest BCUT2D eigenvalue weighted by molar-refractivity contribution is 7.13. The zero-order valence-corrected chi connectivity index (χ0v) is 15.8. The van der Waals surface area contributed by atoms with Crippen LogP contribution < -0.4 is 5.32 Å². The lowest BCUT2D eigenvalue weighted by Crippen LogP contribution is -2.26. The zero-order valence-electron chi connectivity index (χ0n) is 15.0.